The second kappa shape index (κ2) is 9.60. The molecular formula is C22H13F8N3O2. The van der Waals surface area contributed by atoms with Crippen LogP contribution in [0.5, 0.6) is 0 Å². The average molecular weight is 503 g/mol. The fourth-order valence-corrected chi connectivity index (χ4v) is 2.90. The Morgan fingerprint density at radius 2 is 1.34 bits per heavy atom. The monoisotopic (exact) mass is 503 g/mol. The molecule has 0 unspecified atom stereocenters. The van der Waals surface area contributed by atoms with Gasteiger partial charge in [-0.25, -0.2) is 13.6 Å². The average Bonchev–Trinajstić information content (AvgIpc) is 2.73. The summed E-state index contributed by atoms with van der Waals surface area (Å²) in [5.41, 5.74) is -4.62. The first kappa shape index (κ1) is 25.5. The van der Waals surface area contributed by atoms with Crippen LogP contribution in [0.1, 0.15) is 21.5 Å². The van der Waals surface area contributed by atoms with Crippen molar-refractivity contribution >= 4 is 29.0 Å². The highest BCUT2D eigenvalue weighted by Gasteiger charge is 2.35. The molecule has 3 N–H and O–H groups in total. The van der Waals surface area contributed by atoms with Gasteiger partial charge in [-0.3, -0.25) is 4.79 Å². The van der Waals surface area contributed by atoms with E-state index in [2.05, 4.69) is 5.32 Å². The summed E-state index contributed by atoms with van der Waals surface area (Å²) >= 11 is 0. The molecule has 3 rings (SSSR count). The van der Waals surface area contributed by atoms with Gasteiger partial charge in [0.15, 0.2) is 0 Å². The van der Waals surface area contributed by atoms with E-state index in [1.807, 2.05) is 10.6 Å². The summed E-state index contributed by atoms with van der Waals surface area (Å²) in [7, 11) is 0. The highest BCUT2D eigenvalue weighted by atomic mass is 19.4. The van der Waals surface area contributed by atoms with E-state index >= 15 is 0 Å². The molecule has 3 aromatic rings. The second-order valence-electron chi connectivity index (χ2n) is 6.99. The van der Waals surface area contributed by atoms with Gasteiger partial charge in [-0.2, -0.15) is 26.3 Å². The van der Waals surface area contributed by atoms with Crippen molar-refractivity contribution in [3.63, 3.8) is 0 Å². The van der Waals surface area contributed by atoms with Crippen LogP contribution in [0.4, 0.5) is 57.0 Å². The molecule has 0 radical (unpaired) electrons. The maximum Gasteiger partial charge on any atom is 0.418 e. The zero-order chi connectivity index (χ0) is 26.0. The number of hydrogen-bond donors (Lipinski definition) is 3. The van der Waals surface area contributed by atoms with Crippen molar-refractivity contribution < 1.29 is 44.7 Å². The minimum atomic E-state index is -5.03. The fourth-order valence-electron chi connectivity index (χ4n) is 2.90. The molecule has 35 heavy (non-hydrogen) atoms. The van der Waals surface area contributed by atoms with Gasteiger partial charge < -0.3 is 16.0 Å². The molecule has 0 fully saturated rings. The van der Waals surface area contributed by atoms with Crippen LogP contribution in [0.3, 0.4) is 0 Å². The Morgan fingerprint density at radius 3 is 1.94 bits per heavy atom. The Labute approximate surface area is 191 Å². The van der Waals surface area contributed by atoms with Crippen LogP contribution >= 0.6 is 0 Å². The molecule has 0 atom stereocenters. The second-order valence-corrected chi connectivity index (χ2v) is 6.99. The van der Waals surface area contributed by atoms with Gasteiger partial charge in [-0.1, -0.05) is 6.07 Å². The minimum Gasteiger partial charge on any atom is -0.321 e. The summed E-state index contributed by atoms with van der Waals surface area (Å²) in [5.74, 6) is -3.56. The highest BCUT2D eigenvalue weighted by Crippen LogP contribution is 2.37. The molecule has 0 aliphatic rings. The summed E-state index contributed by atoms with van der Waals surface area (Å²) < 4.78 is 106. The smallest absolute Gasteiger partial charge is 0.321 e. The molecule has 3 amide bonds. The van der Waals surface area contributed by atoms with Crippen molar-refractivity contribution in [3.05, 3.63) is 89.0 Å². The number of alkyl halides is 6. The first-order valence-electron chi connectivity index (χ1n) is 9.47. The van der Waals surface area contributed by atoms with Crippen molar-refractivity contribution in [2.45, 2.75) is 12.4 Å². The lowest BCUT2D eigenvalue weighted by Crippen LogP contribution is -2.21. The number of carbonyl (C=O) groups excluding carboxylic acids is 2. The molecule has 0 bridgehead atoms. The highest BCUT2D eigenvalue weighted by molar-refractivity contribution is 6.05. The van der Waals surface area contributed by atoms with Crippen LogP contribution in [0.2, 0.25) is 0 Å². The number of amides is 3. The molecule has 0 heterocycles. The van der Waals surface area contributed by atoms with Gasteiger partial charge in [-0.15, -0.1) is 0 Å². The molecule has 5 nitrogen and oxygen atoms in total. The van der Waals surface area contributed by atoms with Crippen molar-refractivity contribution in [2.75, 3.05) is 16.0 Å². The van der Waals surface area contributed by atoms with Gasteiger partial charge in [0.05, 0.1) is 22.4 Å². The topological polar surface area (TPSA) is 70.2 Å². The first-order chi connectivity index (χ1) is 16.2. The van der Waals surface area contributed by atoms with E-state index < -0.39 is 64.0 Å². The Bertz CT molecular complexity index is 1270. The van der Waals surface area contributed by atoms with Crippen LogP contribution in [0.15, 0.2) is 60.7 Å². The minimum absolute atomic E-state index is 0.265. The number of benzene rings is 3. The van der Waals surface area contributed by atoms with Gasteiger partial charge in [0.25, 0.3) is 5.91 Å². The SMILES string of the molecule is O=C(Nc1cccc(C(F)(F)F)c1)Nc1ccc(NC(=O)c2ccc(F)cc2F)c(C(F)(F)F)c1. The summed E-state index contributed by atoms with van der Waals surface area (Å²) in [6.07, 6.45) is -9.70. The van der Waals surface area contributed by atoms with Gasteiger partial charge in [0.2, 0.25) is 0 Å². The third-order valence-electron chi connectivity index (χ3n) is 4.45. The molecular weight excluding hydrogens is 490 g/mol. The molecule has 0 saturated carbocycles. The number of nitrogens with one attached hydrogen (secondary N) is 3. The Balaban J connectivity index is 1.80. The summed E-state index contributed by atoms with van der Waals surface area (Å²) in [6.45, 7) is 0. The van der Waals surface area contributed by atoms with Gasteiger partial charge in [-0.05, 0) is 48.5 Å². The lowest BCUT2D eigenvalue weighted by atomic mass is 10.1. The number of anilines is 3. The maximum absolute atomic E-state index is 13.8. The Hall–Kier alpha value is -4.16. The fraction of sp³-hybridized carbons (Fsp3) is 0.0909. The molecule has 13 heteroatoms. The number of urea groups is 1. The largest absolute Gasteiger partial charge is 0.418 e. The van der Waals surface area contributed by atoms with Crippen molar-refractivity contribution in [1.82, 2.24) is 0 Å². The Kier molecular flexibility index (Phi) is 6.99. The predicted molar refractivity (Wildman–Crippen MR) is 110 cm³/mol. The number of rotatable bonds is 4. The number of halogens is 8. The van der Waals surface area contributed by atoms with Gasteiger partial charge in [0, 0.05) is 17.4 Å². The van der Waals surface area contributed by atoms with E-state index in [-0.39, 0.29) is 5.69 Å². The summed E-state index contributed by atoms with van der Waals surface area (Å²) in [6, 6.07) is 6.53. The van der Waals surface area contributed by atoms with E-state index in [9.17, 15) is 44.7 Å². The molecule has 184 valence electrons. The zero-order valence-electron chi connectivity index (χ0n) is 17.1. The third-order valence-corrected chi connectivity index (χ3v) is 4.45. The molecule has 0 aliphatic heterocycles. The van der Waals surface area contributed by atoms with E-state index in [1.165, 1.54) is 0 Å². The van der Waals surface area contributed by atoms with Gasteiger partial charge in [0.1, 0.15) is 11.6 Å². The number of hydrogen-bond acceptors (Lipinski definition) is 2. The molecule has 0 aromatic heterocycles. The van der Waals surface area contributed by atoms with Crippen molar-refractivity contribution in [3.8, 4) is 0 Å². The van der Waals surface area contributed by atoms with E-state index in [0.29, 0.717) is 18.2 Å². The summed E-state index contributed by atoms with van der Waals surface area (Å²) in [4.78, 5) is 24.3. The van der Waals surface area contributed by atoms with E-state index in [4.69, 9.17) is 0 Å². The molecule has 0 spiro atoms. The Morgan fingerprint density at radius 1 is 0.686 bits per heavy atom. The quantitative estimate of drug-likeness (QED) is 0.339. The lowest BCUT2D eigenvalue weighted by Gasteiger charge is -2.16. The molecule has 0 saturated heterocycles. The normalized spacial score (nSPS) is 11.7. The van der Waals surface area contributed by atoms with Crippen LogP contribution in [0.25, 0.3) is 0 Å². The predicted octanol–water partition coefficient (Wildman–Crippen LogP) is 6.90. The molecule has 3 aromatic carbocycles. The standard InChI is InChI=1S/C22H13F8N3O2/c23-12-4-6-15(17(24)9-12)19(34)33-18-7-5-14(10-16(18)22(28,29)30)32-20(35)31-13-3-1-2-11(8-13)21(25,26)27/h1-10H,(H,33,34)(H2,31,32,35). The van der Waals surface area contributed by atoms with Crippen molar-refractivity contribution in [1.29, 1.82) is 0 Å². The lowest BCUT2D eigenvalue weighted by molar-refractivity contribution is -0.138. The van der Waals surface area contributed by atoms with Crippen LogP contribution in [0, 0.1) is 11.6 Å². The zero-order valence-corrected chi connectivity index (χ0v) is 17.1. The first-order valence-corrected chi connectivity index (χ1v) is 9.47. The van der Waals surface area contributed by atoms with Crippen molar-refractivity contribution in [2.24, 2.45) is 0 Å². The van der Waals surface area contributed by atoms with Gasteiger partial charge >= 0.3 is 18.4 Å². The third kappa shape index (κ3) is 6.46. The van der Waals surface area contributed by atoms with Crippen LogP contribution in [-0.4, -0.2) is 11.9 Å². The van der Waals surface area contributed by atoms with E-state index in [0.717, 1.165) is 42.5 Å². The molecule has 0 aliphatic carbocycles. The van der Waals surface area contributed by atoms with Crippen LogP contribution < -0.4 is 16.0 Å². The maximum atomic E-state index is 13.8. The summed E-state index contributed by atoms with van der Waals surface area (Å²) in [5, 5.41) is 5.99. The van der Waals surface area contributed by atoms with Crippen LogP contribution in [-0.2, 0) is 12.4 Å². The number of carbonyl (C=O) groups is 2. The van der Waals surface area contributed by atoms with E-state index in [1.54, 1.807) is 0 Å².